The molecule has 0 bridgehead atoms. The summed E-state index contributed by atoms with van der Waals surface area (Å²) in [6, 6.07) is 9.98. The molecule has 1 N–H and O–H groups in total. The highest BCUT2D eigenvalue weighted by atomic mass is 16.3. The largest absolute Gasteiger partial charge is 0.454 e. The predicted molar refractivity (Wildman–Crippen MR) is 92.9 cm³/mol. The Hall–Kier alpha value is -2.69. The molecular weight excluding hydrogens is 288 g/mol. The lowest BCUT2D eigenvalue weighted by Crippen LogP contribution is -2.04. The van der Waals surface area contributed by atoms with E-state index in [0.29, 0.717) is 5.95 Å². The van der Waals surface area contributed by atoms with Gasteiger partial charge in [0, 0.05) is 22.3 Å². The highest BCUT2D eigenvalue weighted by molar-refractivity contribution is 6.02. The molecule has 1 aromatic carbocycles. The number of hydrogen-bond acceptors (Lipinski definition) is 5. The van der Waals surface area contributed by atoms with Gasteiger partial charge < -0.3 is 4.42 Å². The van der Waals surface area contributed by atoms with Gasteiger partial charge in [0.1, 0.15) is 11.3 Å². The zero-order chi connectivity index (χ0) is 16.4. The molecular formula is C18H20N4O. The van der Waals surface area contributed by atoms with E-state index >= 15 is 0 Å². The van der Waals surface area contributed by atoms with Crippen molar-refractivity contribution in [2.75, 3.05) is 5.43 Å². The number of nitrogens with zero attached hydrogens (tertiary/aromatic N) is 3. The first-order chi connectivity index (χ1) is 11.1. The molecule has 2 heterocycles. The van der Waals surface area contributed by atoms with Crippen LogP contribution in [0.25, 0.3) is 11.0 Å². The lowest BCUT2D eigenvalue weighted by atomic mass is 10.1. The van der Waals surface area contributed by atoms with Crippen molar-refractivity contribution in [2.45, 2.75) is 34.1 Å². The van der Waals surface area contributed by atoms with E-state index in [4.69, 9.17) is 4.42 Å². The molecule has 0 amide bonds. The van der Waals surface area contributed by atoms with Crippen LogP contribution in [0.5, 0.6) is 0 Å². The van der Waals surface area contributed by atoms with Crippen molar-refractivity contribution in [1.29, 1.82) is 0 Å². The summed E-state index contributed by atoms with van der Waals surface area (Å²) in [6.07, 6.45) is 0.888. The molecule has 0 atom stereocenters. The smallest absolute Gasteiger partial charge is 0.243 e. The first-order valence-corrected chi connectivity index (χ1v) is 7.72. The molecule has 0 aliphatic carbocycles. The molecule has 0 unspecified atom stereocenters. The average Bonchev–Trinajstić information content (AvgIpc) is 2.90. The Bertz CT molecular complexity index is 860. The van der Waals surface area contributed by atoms with Crippen LogP contribution in [0.15, 0.2) is 39.9 Å². The fraction of sp³-hybridized carbons (Fsp3) is 0.278. The molecule has 0 aliphatic rings. The van der Waals surface area contributed by atoms with Gasteiger partial charge in [0.15, 0.2) is 5.76 Å². The quantitative estimate of drug-likeness (QED) is 0.578. The van der Waals surface area contributed by atoms with E-state index in [1.807, 2.05) is 45.0 Å². The second kappa shape index (κ2) is 6.20. The number of hydrogen-bond donors (Lipinski definition) is 1. The van der Waals surface area contributed by atoms with Gasteiger partial charge in [-0.1, -0.05) is 25.1 Å². The maximum Gasteiger partial charge on any atom is 0.243 e. The monoisotopic (exact) mass is 308 g/mol. The van der Waals surface area contributed by atoms with Crippen molar-refractivity contribution in [3.63, 3.8) is 0 Å². The van der Waals surface area contributed by atoms with Gasteiger partial charge in [-0.3, -0.25) is 0 Å². The van der Waals surface area contributed by atoms with Crippen molar-refractivity contribution in [1.82, 2.24) is 9.97 Å². The zero-order valence-corrected chi connectivity index (χ0v) is 13.8. The maximum atomic E-state index is 5.98. The second-order valence-corrected chi connectivity index (χ2v) is 5.54. The molecule has 0 aliphatic heterocycles. The normalized spacial score (nSPS) is 11.9. The summed E-state index contributed by atoms with van der Waals surface area (Å²) in [6.45, 7) is 7.91. The first kappa shape index (κ1) is 15.2. The van der Waals surface area contributed by atoms with E-state index in [1.54, 1.807) is 0 Å². The van der Waals surface area contributed by atoms with Crippen molar-refractivity contribution >= 4 is 22.6 Å². The van der Waals surface area contributed by atoms with Gasteiger partial charge in [-0.25, -0.2) is 15.4 Å². The number of aromatic nitrogens is 2. The minimum absolute atomic E-state index is 0.496. The van der Waals surface area contributed by atoms with Crippen LogP contribution in [0.1, 0.15) is 36.6 Å². The fourth-order valence-electron chi connectivity index (χ4n) is 2.70. The summed E-state index contributed by atoms with van der Waals surface area (Å²) >= 11 is 0. The molecule has 0 saturated heterocycles. The lowest BCUT2D eigenvalue weighted by molar-refractivity contribution is 0.599. The van der Waals surface area contributed by atoms with Gasteiger partial charge in [-0.15, -0.1) is 0 Å². The summed E-state index contributed by atoms with van der Waals surface area (Å²) in [5.41, 5.74) is 7.58. The number of anilines is 1. The van der Waals surface area contributed by atoms with Gasteiger partial charge >= 0.3 is 0 Å². The zero-order valence-electron chi connectivity index (χ0n) is 13.8. The standard InChI is InChI=1S/C18H20N4O/c1-5-14-15-8-6-7-9-16(15)23-17(14)13(4)21-22-18-19-11(2)10-12(3)20-18/h6-10H,5H2,1-4H3,(H,19,20,22)/b21-13-. The van der Waals surface area contributed by atoms with Gasteiger partial charge in [0.05, 0.1) is 0 Å². The molecule has 118 valence electrons. The fourth-order valence-corrected chi connectivity index (χ4v) is 2.70. The lowest BCUT2D eigenvalue weighted by Gasteiger charge is -2.04. The Morgan fingerprint density at radius 1 is 1.17 bits per heavy atom. The molecule has 23 heavy (non-hydrogen) atoms. The van der Waals surface area contributed by atoms with Crippen LogP contribution in [-0.4, -0.2) is 15.7 Å². The molecule has 5 nitrogen and oxygen atoms in total. The summed E-state index contributed by atoms with van der Waals surface area (Å²) in [7, 11) is 0. The van der Waals surface area contributed by atoms with E-state index in [0.717, 1.165) is 40.2 Å². The number of rotatable bonds is 4. The molecule has 0 fully saturated rings. The van der Waals surface area contributed by atoms with Crippen molar-refractivity contribution in [3.8, 4) is 0 Å². The Morgan fingerprint density at radius 3 is 2.57 bits per heavy atom. The Balaban J connectivity index is 1.94. The number of benzene rings is 1. The Kier molecular flexibility index (Phi) is 4.10. The number of nitrogens with one attached hydrogen (secondary N) is 1. The summed E-state index contributed by atoms with van der Waals surface area (Å²) < 4.78 is 5.98. The van der Waals surface area contributed by atoms with E-state index in [1.165, 1.54) is 5.56 Å². The third kappa shape index (κ3) is 3.08. The second-order valence-electron chi connectivity index (χ2n) is 5.54. The van der Waals surface area contributed by atoms with Crippen LogP contribution in [0, 0.1) is 13.8 Å². The van der Waals surface area contributed by atoms with Crippen molar-refractivity contribution in [2.24, 2.45) is 5.10 Å². The van der Waals surface area contributed by atoms with Crippen LogP contribution in [0.3, 0.4) is 0 Å². The highest BCUT2D eigenvalue weighted by Crippen LogP contribution is 2.26. The first-order valence-electron chi connectivity index (χ1n) is 7.72. The maximum absolute atomic E-state index is 5.98. The molecule has 0 radical (unpaired) electrons. The Labute approximate surface area is 135 Å². The molecule has 5 heteroatoms. The molecule has 0 spiro atoms. The van der Waals surface area contributed by atoms with Crippen LogP contribution in [0.2, 0.25) is 0 Å². The van der Waals surface area contributed by atoms with Crippen LogP contribution < -0.4 is 5.43 Å². The third-order valence-electron chi connectivity index (χ3n) is 3.69. The minimum Gasteiger partial charge on any atom is -0.454 e. The summed E-state index contributed by atoms with van der Waals surface area (Å²) in [5.74, 6) is 1.31. The van der Waals surface area contributed by atoms with E-state index in [-0.39, 0.29) is 0 Å². The number of fused-ring (bicyclic) bond motifs is 1. The van der Waals surface area contributed by atoms with Gasteiger partial charge in [-0.2, -0.15) is 5.10 Å². The van der Waals surface area contributed by atoms with Gasteiger partial charge in [0.25, 0.3) is 0 Å². The van der Waals surface area contributed by atoms with Gasteiger partial charge in [0.2, 0.25) is 5.95 Å². The highest BCUT2D eigenvalue weighted by Gasteiger charge is 2.14. The van der Waals surface area contributed by atoms with E-state index in [2.05, 4.69) is 33.5 Å². The minimum atomic E-state index is 0.496. The van der Waals surface area contributed by atoms with Crippen molar-refractivity contribution in [3.05, 3.63) is 53.0 Å². The molecule has 3 aromatic rings. The topological polar surface area (TPSA) is 63.3 Å². The average molecular weight is 308 g/mol. The summed E-state index contributed by atoms with van der Waals surface area (Å²) in [4.78, 5) is 8.65. The van der Waals surface area contributed by atoms with Crippen LogP contribution in [-0.2, 0) is 6.42 Å². The molecule has 0 saturated carbocycles. The van der Waals surface area contributed by atoms with E-state index < -0.39 is 0 Å². The third-order valence-corrected chi connectivity index (χ3v) is 3.69. The number of hydrazone groups is 1. The van der Waals surface area contributed by atoms with Gasteiger partial charge in [-0.05, 0) is 39.3 Å². The Morgan fingerprint density at radius 2 is 1.87 bits per heavy atom. The van der Waals surface area contributed by atoms with Crippen LogP contribution in [0.4, 0.5) is 5.95 Å². The van der Waals surface area contributed by atoms with E-state index in [9.17, 15) is 0 Å². The van der Waals surface area contributed by atoms with Crippen molar-refractivity contribution < 1.29 is 4.42 Å². The number of furan rings is 1. The van der Waals surface area contributed by atoms with Crippen LogP contribution >= 0.6 is 0 Å². The summed E-state index contributed by atoms with van der Waals surface area (Å²) in [5, 5.41) is 5.54. The number of para-hydroxylation sites is 1. The molecule has 2 aromatic heterocycles. The SMILES string of the molecule is CCc1c(/C(C)=N\Nc2nc(C)cc(C)n2)oc2ccccc12. The number of aryl methyl sites for hydroxylation is 3. The predicted octanol–water partition coefficient (Wildman–Crippen LogP) is 4.24. The molecule has 3 rings (SSSR count).